The van der Waals surface area contributed by atoms with Crippen molar-refractivity contribution in [3.05, 3.63) is 32.9 Å². The molecule has 1 rings (SSSR count). The monoisotopic (exact) mass is 272 g/mol. The molecule has 0 fully saturated rings. The van der Waals surface area contributed by atoms with Crippen LogP contribution in [0.1, 0.15) is 0 Å². The summed E-state index contributed by atoms with van der Waals surface area (Å²) in [6, 6.07) is 7.71. The Bertz CT molecular complexity index is 152. The van der Waals surface area contributed by atoms with Crippen LogP contribution in [0.5, 0.6) is 0 Å². The van der Waals surface area contributed by atoms with Crippen molar-refractivity contribution in [2.75, 3.05) is 0 Å². The van der Waals surface area contributed by atoms with E-state index in [0.717, 1.165) is 5.02 Å². The normalized spacial score (nSPS) is 8.22. The summed E-state index contributed by atoms with van der Waals surface area (Å²) < 4.78 is 1.21. The second-order valence-corrected chi connectivity index (χ2v) is 3.12. The first-order chi connectivity index (χ1) is 3.79. The lowest BCUT2D eigenvalue weighted by Gasteiger charge is -1.86. The van der Waals surface area contributed by atoms with Gasteiger partial charge in [0.15, 0.2) is 0 Å². The van der Waals surface area contributed by atoms with Crippen molar-refractivity contribution in [3.8, 4) is 0 Å². The van der Waals surface area contributed by atoms with Gasteiger partial charge in [0.2, 0.25) is 0 Å². The molecule has 50 valence electrons. The predicted molar refractivity (Wildman–Crippen MR) is 55.3 cm³/mol. The smallest absolute Gasteiger partial charge is 0.0406 e. The topological polar surface area (TPSA) is 0 Å². The lowest BCUT2D eigenvalue weighted by atomic mass is 10.4. The van der Waals surface area contributed by atoms with Crippen molar-refractivity contribution in [3.63, 3.8) is 0 Å². The number of hydrogen-bond acceptors (Lipinski definition) is 0. The van der Waals surface area contributed by atoms with Gasteiger partial charge in [0.1, 0.15) is 0 Å². The first-order valence-electron chi connectivity index (χ1n) is 2.20. The fourth-order valence-corrected chi connectivity index (χ4v) is 0.915. The Morgan fingerprint density at radius 2 is 1.56 bits per heavy atom. The van der Waals surface area contributed by atoms with Crippen molar-refractivity contribution in [1.29, 1.82) is 0 Å². The lowest BCUT2D eigenvalue weighted by molar-refractivity contribution is 1.65. The van der Waals surface area contributed by atoms with E-state index in [1.165, 1.54) is 3.57 Å². The third kappa shape index (κ3) is 3.39. The second-order valence-electron chi connectivity index (χ2n) is 1.44. The van der Waals surface area contributed by atoms with Crippen LogP contribution >= 0.6 is 44.1 Å². The zero-order chi connectivity index (χ0) is 5.98. The minimum Gasteiger partial charge on any atom is -0.153 e. The maximum Gasteiger partial charge on any atom is 0.0406 e. The zero-order valence-corrected chi connectivity index (χ0v) is 9.10. The summed E-state index contributed by atoms with van der Waals surface area (Å²) in [5.41, 5.74) is 0. The van der Waals surface area contributed by atoms with Gasteiger partial charge in [0.05, 0.1) is 0 Å². The molecule has 0 aromatic heterocycles. The van der Waals surface area contributed by atoms with Crippen LogP contribution < -0.4 is 0 Å². The van der Waals surface area contributed by atoms with Crippen molar-refractivity contribution in [2.24, 2.45) is 0 Å². The van der Waals surface area contributed by atoms with Crippen LogP contribution in [0.4, 0.5) is 0 Å². The molecular formula is C6H7ClIP. The van der Waals surface area contributed by atoms with E-state index in [1.807, 2.05) is 24.3 Å². The average molecular weight is 272 g/mol. The van der Waals surface area contributed by atoms with Crippen molar-refractivity contribution >= 4 is 44.1 Å². The van der Waals surface area contributed by atoms with Crippen molar-refractivity contribution in [2.45, 2.75) is 0 Å². The number of hydrogen-bond donors (Lipinski definition) is 0. The number of halogens is 2. The van der Waals surface area contributed by atoms with Crippen LogP contribution in [0.2, 0.25) is 5.02 Å². The van der Waals surface area contributed by atoms with Gasteiger partial charge >= 0.3 is 0 Å². The molecule has 0 aliphatic carbocycles. The van der Waals surface area contributed by atoms with E-state index in [1.54, 1.807) is 0 Å². The van der Waals surface area contributed by atoms with Gasteiger partial charge in [0, 0.05) is 8.59 Å². The molecule has 3 heteroatoms. The quantitative estimate of drug-likeness (QED) is 0.503. The molecule has 0 amide bonds. The van der Waals surface area contributed by atoms with Crippen LogP contribution in [0.3, 0.4) is 0 Å². The minimum atomic E-state index is 0. The summed E-state index contributed by atoms with van der Waals surface area (Å²) in [5, 5.41) is 0.797. The number of benzene rings is 1. The Morgan fingerprint density at radius 3 is 1.89 bits per heavy atom. The van der Waals surface area contributed by atoms with E-state index >= 15 is 0 Å². The molecule has 9 heavy (non-hydrogen) atoms. The van der Waals surface area contributed by atoms with E-state index in [-0.39, 0.29) is 9.90 Å². The van der Waals surface area contributed by atoms with E-state index in [9.17, 15) is 0 Å². The Hall–Kier alpha value is 0.670. The standard InChI is InChI=1S/C6H4ClI.H3P/c7-5-1-3-6(8)4-2-5;/h1-4H;1H3. The third-order valence-electron chi connectivity index (χ3n) is 0.804. The summed E-state index contributed by atoms with van der Waals surface area (Å²) in [5.74, 6) is 0. The minimum absolute atomic E-state index is 0. The summed E-state index contributed by atoms with van der Waals surface area (Å²) >= 11 is 7.85. The molecule has 0 aliphatic rings. The molecule has 0 bridgehead atoms. The highest BCUT2D eigenvalue weighted by Crippen LogP contribution is 2.10. The Morgan fingerprint density at radius 1 is 1.11 bits per heavy atom. The largest absolute Gasteiger partial charge is 0.153 e. The summed E-state index contributed by atoms with van der Waals surface area (Å²) in [6.45, 7) is 0. The first kappa shape index (κ1) is 9.67. The summed E-state index contributed by atoms with van der Waals surface area (Å²) in [7, 11) is 0. The molecule has 0 aliphatic heterocycles. The Labute approximate surface area is 76.7 Å². The molecule has 1 aromatic rings. The molecule has 0 heterocycles. The van der Waals surface area contributed by atoms with Crippen LogP contribution in [0, 0.1) is 3.57 Å². The van der Waals surface area contributed by atoms with Crippen molar-refractivity contribution < 1.29 is 0 Å². The Balaban J connectivity index is 0.000000640. The molecule has 1 unspecified atom stereocenters. The van der Waals surface area contributed by atoms with Gasteiger partial charge in [-0.2, -0.15) is 9.90 Å². The van der Waals surface area contributed by atoms with E-state index < -0.39 is 0 Å². The molecule has 1 aromatic carbocycles. The van der Waals surface area contributed by atoms with Crippen LogP contribution in [0.15, 0.2) is 24.3 Å². The fraction of sp³-hybridized carbons (Fsp3) is 0. The van der Waals surface area contributed by atoms with Crippen molar-refractivity contribution in [1.82, 2.24) is 0 Å². The SMILES string of the molecule is Clc1ccc(I)cc1.P. The fourth-order valence-electron chi connectivity index (χ4n) is 0.430. The first-order valence-corrected chi connectivity index (χ1v) is 3.66. The van der Waals surface area contributed by atoms with E-state index in [2.05, 4.69) is 22.6 Å². The molecular weight excluding hydrogens is 265 g/mol. The highest BCUT2D eigenvalue weighted by Gasteiger charge is 1.83. The highest BCUT2D eigenvalue weighted by atomic mass is 127. The van der Waals surface area contributed by atoms with Crippen LogP contribution in [0.25, 0.3) is 0 Å². The van der Waals surface area contributed by atoms with Crippen LogP contribution in [-0.2, 0) is 0 Å². The molecule has 0 saturated heterocycles. The summed E-state index contributed by atoms with van der Waals surface area (Å²) in [4.78, 5) is 0. The summed E-state index contributed by atoms with van der Waals surface area (Å²) in [6.07, 6.45) is 0. The van der Waals surface area contributed by atoms with E-state index in [0.29, 0.717) is 0 Å². The molecule has 0 N–H and O–H groups in total. The number of rotatable bonds is 0. The Kier molecular flexibility index (Phi) is 4.81. The molecule has 0 saturated carbocycles. The van der Waals surface area contributed by atoms with E-state index in [4.69, 9.17) is 11.6 Å². The van der Waals surface area contributed by atoms with Gasteiger partial charge in [-0.15, -0.1) is 0 Å². The van der Waals surface area contributed by atoms with Gasteiger partial charge < -0.3 is 0 Å². The lowest BCUT2D eigenvalue weighted by Crippen LogP contribution is -1.65. The zero-order valence-electron chi connectivity index (χ0n) is 4.77. The molecule has 0 spiro atoms. The highest BCUT2D eigenvalue weighted by molar-refractivity contribution is 14.1. The van der Waals surface area contributed by atoms with Gasteiger partial charge in [-0.3, -0.25) is 0 Å². The van der Waals surface area contributed by atoms with Gasteiger partial charge in [-0.25, -0.2) is 0 Å². The van der Waals surface area contributed by atoms with Crippen LogP contribution in [-0.4, -0.2) is 0 Å². The predicted octanol–water partition coefficient (Wildman–Crippen LogP) is 3.00. The third-order valence-corrected chi connectivity index (χ3v) is 1.77. The van der Waals surface area contributed by atoms with Gasteiger partial charge in [-0.1, -0.05) is 11.6 Å². The van der Waals surface area contributed by atoms with Gasteiger partial charge in [-0.05, 0) is 46.9 Å². The molecule has 1 atom stereocenters. The maximum atomic E-state index is 5.61. The second kappa shape index (κ2) is 4.48. The average Bonchev–Trinajstić information content (AvgIpc) is 1.77. The van der Waals surface area contributed by atoms with Gasteiger partial charge in [0.25, 0.3) is 0 Å². The maximum absolute atomic E-state index is 5.61. The molecule has 0 nitrogen and oxygen atoms in total. The molecule has 0 radical (unpaired) electrons.